The molecular formula is C16H19F3N4O3. The van der Waals surface area contributed by atoms with Gasteiger partial charge in [0.1, 0.15) is 5.56 Å². The Bertz CT molecular complexity index is 790. The van der Waals surface area contributed by atoms with Crippen molar-refractivity contribution in [3.8, 4) is 11.8 Å². The summed E-state index contributed by atoms with van der Waals surface area (Å²) >= 11 is 0. The lowest BCUT2D eigenvalue weighted by Crippen LogP contribution is -2.28. The third kappa shape index (κ3) is 4.87. The number of aryl methyl sites for hydroxylation is 2. The minimum atomic E-state index is -4.48. The first-order chi connectivity index (χ1) is 12.1. The maximum absolute atomic E-state index is 12.5. The van der Waals surface area contributed by atoms with Crippen LogP contribution in [0, 0.1) is 6.92 Å². The van der Waals surface area contributed by atoms with Crippen molar-refractivity contribution in [3.05, 3.63) is 35.2 Å². The molecule has 142 valence electrons. The minimum Gasteiger partial charge on any atom is -0.480 e. The van der Waals surface area contributed by atoms with E-state index in [0.717, 1.165) is 11.4 Å². The standard InChI is InChI=1S/C16H19F3N4O3/c1-9-7-12(23(3)22-9)10(2)20-14(24)11-5-6-13(21-15(11)25-4)26-8-16(17,18)19/h5-7,10H,8H2,1-4H3,(H,20,24). The Morgan fingerprint density at radius 1 is 1.38 bits per heavy atom. The van der Waals surface area contributed by atoms with Crippen molar-refractivity contribution in [2.24, 2.45) is 7.05 Å². The molecule has 0 spiro atoms. The fraction of sp³-hybridized carbons (Fsp3) is 0.438. The van der Waals surface area contributed by atoms with Crippen molar-refractivity contribution in [1.82, 2.24) is 20.1 Å². The van der Waals surface area contributed by atoms with Gasteiger partial charge in [0.25, 0.3) is 5.91 Å². The van der Waals surface area contributed by atoms with E-state index in [1.54, 1.807) is 18.7 Å². The van der Waals surface area contributed by atoms with Gasteiger partial charge in [-0.15, -0.1) is 0 Å². The first kappa shape index (κ1) is 19.5. The number of nitrogens with zero attached hydrogens (tertiary/aromatic N) is 3. The van der Waals surface area contributed by atoms with E-state index in [9.17, 15) is 18.0 Å². The fourth-order valence-electron chi connectivity index (χ4n) is 2.37. The first-order valence-corrected chi connectivity index (χ1v) is 7.66. The number of hydrogen-bond acceptors (Lipinski definition) is 5. The Morgan fingerprint density at radius 3 is 2.62 bits per heavy atom. The molecule has 0 fully saturated rings. The number of alkyl halides is 3. The summed E-state index contributed by atoms with van der Waals surface area (Å²) in [6.07, 6.45) is -4.48. The van der Waals surface area contributed by atoms with Crippen LogP contribution in [0.5, 0.6) is 11.8 Å². The van der Waals surface area contributed by atoms with Crippen LogP contribution in [-0.4, -0.2) is 40.6 Å². The predicted octanol–water partition coefficient (Wildman–Crippen LogP) is 2.56. The number of pyridine rings is 1. The van der Waals surface area contributed by atoms with Gasteiger partial charge < -0.3 is 14.8 Å². The smallest absolute Gasteiger partial charge is 0.422 e. The van der Waals surface area contributed by atoms with E-state index in [1.165, 1.54) is 19.2 Å². The number of nitrogens with one attached hydrogen (secondary N) is 1. The van der Waals surface area contributed by atoms with Gasteiger partial charge in [0.2, 0.25) is 11.8 Å². The van der Waals surface area contributed by atoms with Crippen molar-refractivity contribution in [2.75, 3.05) is 13.7 Å². The highest BCUT2D eigenvalue weighted by molar-refractivity contribution is 5.96. The van der Waals surface area contributed by atoms with Crippen LogP contribution in [0.3, 0.4) is 0 Å². The normalized spacial score (nSPS) is 12.6. The van der Waals surface area contributed by atoms with Gasteiger partial charge in [-0.05, 0) is 26.0 Å². The lowest BCUT2D eigenvalue weighted by Gasteiger charge is -2.16. The molecule has 0 aliphatic carbocycles. The monoisotopic (exact) mass is 372 g/mol. The number of methoxy groups -OCH3 is 1. The van der Waals surface area contributed by atoms with Gasteiger partial charge in [-0.3, -0.25) is 9.48 Å². The van der Waals surface area contributed by atoms with Crippen LogP contribution in [0.1, 0.15) is 34.7 Å². The fourth-order valence-corrected chi connectivity index (χ4v) is 2.37. The van der Waals surface area contributed by atoms with Crippen LogP contribution in [0.4, 0.5) is 13.2 Å². The lowest BCUT2D eigenvalue weighted by atomic mass is 10.2. The summed E-state index contributed by atoms with van der Waals surface area (Å²) in [5, 5.41) is 6.99. The van der Waals surface area contributed by atoms with E-state index in [2.05, 4.69) is 20.1 Å². The molecule has 2 heterocycles. The zero-order chi connectivity index (χ0) is 19.5. The molecule has 2 aromatic heterocycles. The first-order valence-electron chi connectivity index (χ1n) is 7.66. The summed E-state index contributed by atoms with van der Waals surface area (Å²) in [6, 6.07) is 3.98. The van der Waals surface area contributed by atoms with Crippen LogP contribution < -0.4 is 14.8 Å². The van der Waals surface area contributed by atoms with Gasteiger partial charge in [-0.2, -0.15) is 23.3 Å². The number of amides is 1. The van der Waals surface area contributed by atoms with Crippen LogP contribution in [0.2, 0.25) is 0 Å². The second-order valence-electron chi connectivity index (χ2n) is 5.64. The average molecular weight is 372 g/mol. The Balaban J connectivity index is 2.14. The van der Waals surface area contributed by atoms with Gasteiger partial charge >= 0.3 is 6.18 Å². The van der Waals surface area contributed by atoms with Crippen LogP contribution in [0.25, 0.3) is 0 Å². The molecule has 2 aromatic rings. The number of ether oxygens (including phenoxy) is 2. The van der Waals surface area contributed by atoms with E-state index in [4.69, 9.17) is 4.74 Å². The summed E-state index contributed by atoms with van der Waals surface area (Å²) < 4.78 is 47.9. The number of carbonyl (C=O) groups excluding carboxylic acids is 1. The third-order valence-electron chi connectivity index (χ3n) is 3.49. The predicted molar refractivity (Wildman–Crippen MR) is 86.2 cm³/mol. The highest BCUT2D eigenvalue weighted by Gasteiger charge is 2.29. The van der Waals surface area contributed by atoms with Gasteiger partial charge in [0, 0.05) is 13.1 Å². The summed E-state index contributed by atoms with van der Waals surface area (Å²) in [5.41, 5.74) is 1.69. The Kier molecular flexibility index (Phi) is 5.73. The van der Waals surface area contributed by atoms with Crippen molar-refractivity contribution in [2.45, 2.75) is 26.1 Å². The molecule has 0 saturated heterocycles. The third-order valence-corrected chi connectivity index (χ3v) is 3.49. The molecule has 0 aliphatic rings. The minimum absolute atomic E-state index is 0.0811. The number of rotatable bonds is 6. The maximum Gasteiger partial charge on any atom is 0.422 e. The molecule has 1 unspecified atom stereocenters. The highest BCUT2D eigenvalue weighted by atomic mass is 19.4. The molecule has 1 atom stereocenters. The molecule has 0 saturated carbocycles. The topological polar surface area (TPSA) is 78.3 Å². The summed E-state index contributed by atoms with van der Waals surface area (Å²) in [6.45, 7) is 2.14. The van der Waals surface area contributed by atoms with Gasteiger partial charge in [-0.1, -0.05) is 0 Å². The summed E-state index contributed by atoms with van der Waals surface area (Å²) in [5.74, 6) is -0.898. The van der Waals surface area contributed by atoms with Gasteiger partial charge in [0.15, 0.2) is 6.61 Å². The zero-order valence-electron chi connectivity index (χ0n) is 14.7. The zero-order valence-corrected chi connectivity index (χ0v) is 14.7. The Labute approximate surface area is 148 Å². The van der Waals surface area contributed by atoms with E-state index < -0.39 is 18.7 Å². The number of halogens is 3. The quantitative estimate of drug-likeness (QED) is 0.843. The number of aromatic nitrogens is 3. The van der Waals surface area contributed by atoms with Crippen molar-refractivity contribution in [1.29, 1.82) is 0 Å². The lowest BCUT2D eigenvalue weighted by molar-refractivity contribution is -0.154. The van der Waals surface area contributed by atoms with Crippen LogP contribution in [0.15, 0.2) is 18.2 Å². The van der Waals surface area contributed by atoms with E-state index in [1.807, 2.05) is 13.0 Å². The molecule has 0 aromatic carbocycles. The molecule has 0 bridgehead atoms. The molecule has 1 amide bonds. The highest BCUT2D eigenvalue weighted by Crippen LogP contribution is 2.23. The van der Waals surface area contributed by atoms with Crippen molar-refractivity contribution in [3.63, 3.8) is 0 Å². The molecule has 2 rings (SSSR count). The largest absolute Gasteiger partial charge is 0.480 e. The Hall–Kier alpha value is -2.78. The van der Waals surface area contributed by atoms with Crippen molar-refractivity contribution < 1.29 is 27.4 Å². The number of carbonyl (C=O) groups is 1. The number of hydrogen-bond donors (Lipinski definition) is 1. The van der Waals surface area contributed by atoms with Crippen molar-refractivity contribution >= 4 is 5.91 Å². The second kappa shape index (κ2) is 7.63. The second-order valence-corrected chi connectivity index (χ2v) is 5.64. The van der Waals surface area contributed by atoms with E-state index in [0.29, 0.717) is 0 Å². The summed E-state index contributed by atoms with van der Waals surface area (Å²) in [4.78, 5) is 16.3. The van der Waals surface area contributed by atoms with E-state index in [-0.39, 0.29) is 23.4 Å². The molecule has 0 radical (unpaired) electrons. The molecule has 10 heteroatoms. The molecule has 0 aliphatic heterocycles. The molecule has 7 nitrogen and oxygen atoms in total. The average Bonchev–Trinajstić information content (AvgIpc) is 2.90. The molecule has 26 heavy (non-hydrogen) atoms. The summed E-state index contributed by atoms with van der Waals surface area (Å²) in [7, 11) is 3.03. The SMILES string of the molecule is COc1nc(OCC(F)(F)F)ccc1C(=O)NC(C)c1cc(C)nn1C. The molecule has 1 N–H and O–H groups in total. The van der Waals surface area contributed by atoms with Gasteiger partial charge in [-0.25, -0.2) is 0 Å². The maximum atomic E-state index is 12.5. The molecular weight excluding hydrogens is 353 g/mol. The van der Waals surface area contributed by atoms with E-state index >= 15 is 0 Å². The van der Waals surface area contributed by atoms with Crippen LogP contribution in [-0.2, 0) is 7.05 Å². The van der Waals surface area contributed by atoms with Gasteiger partial charge in [0.05, 0.1) is 24.5 Å². The van der Waals surface area contributed by atoms with Crippen LogP contribution >= 0.6 is 0 Å². The Morgan fingerprint density at radius 2 is 2.08 bits per heavy atom.